The third-order valence-corrected chi connectivity index (χ3v) is 4.85. The van der Waals surface area contributed by atoms with Crippen molar-refractivity contribution in [1.82, 2.24) is 15.5 Å². The monoisotopic (exact) mass is 476 g/mol. The number of hydrogen-bond acceptors (Lipinski definition) is 3. The number of aliphatic imine (C=N–C) groups is 1. The average molecular weight is 476 g/mol. The molecule has 148 valence electrons. The van der Waals surface area contributed by atoms with Gasteiger partial charge in [-0.25, -0.2) is 0 Å². The zero-order valence-corrected chi connectivity index (χ0v) is 18.5. The first-order chi connectivity index (χ1) is 12.1. The number of carbonyl (C=O) groups excluding carboxylic acids is 1. The fraction of sp³-hybridized carbons (Fsp3) is 0.684. The molecular weight excluding hydrogens is 443 g/mol. The first-order valence-corrected chi connectivity index (χ1v) is 9.41. The van der Waals surface area contributed by atoms with Crippen LogP contribution < -0.4 is 10.6 Å². The van der Waals surface area contributed by atoms with E-state index in [1.165, 1.54) is 0 Å². The van der Waals surface area contributed by atoms with E-state index in [9.17, 15) is 4.79 Å². The molecule has 0 radical (unpaired) electrons. The Bertz CT molecular complexity index is 540. The maximum Gasteiger partial charge on any atom is 0.220 e. The number of halogens is 1. The van der Waals surface area contributed by atoms with Crippen LogP contribution in [0, 0.1) is 5.92 Å². The van der Waals surface area contributed by atoms with E-state index in [2.05, 4.69) is 29.4 Å². The summed E-state index contributed by atoms with van der Waals surface area (Å²) in [6, 6.07) is 4.29. The quantitative estimate of drug-likeness (QED) is 0.361. The number of likely N-dealkylation sites (tertiary alicyclic amines) is 1. The number of guanidine groups is 1. The van der Waals surface area contributed by atoms with Crippen molar-refractivity contribution in [3.63, 3.8) is 0 Å². The molecule has 1 amide bonds. The van der Waals surface area contributed by atoms with Crippen molar-refractivity contribution < 1.29 is 9.21 Å². The molecule has 1 fully saturated rings. The molecule has 0 aliphatic carbocycles. The van der Waals surface area contributed by atoms with Crippen LogP contribution in [0.5, 0.6) is 0 Å². The maximum atomic E-state index is 11.6. The zero-order chi connectivity index (χ0) is 18.1. The average Bonchev–Trinajstić information content (AvgIpc) is 3.14. The number of piperidine rings is 1. The van der Waals surface area contributed by atoms with Gasteiger partial charge in [-0.15, -0.1) is 24.0 Å². The summed E-state index contributed by atoms with van der Waals surface area (Å²) in [4.78, 5) is 18.7. The highest BCUT2D eigenvalue weighted by Crippen LogP contribution is 2.20. The summed E-state index contributed by atoms with van der Waals surface area (Å²) in [6.45, 7) is 6.97. The van der Waals surface area contributed by atoms with Crippen molar-refractivity contribution in [2.45, 2.75) is 52.0 Å². The Balaban J connectivity index is 0.00000338. The normalized spacial score (nSPS) is 16.7. The molecule has 6 nitrogen and oxygen atoms in total. The van der Waals surface area contributed by atoms with Crippen LogP contribution in [0.2, 0.25) is 0 Å². The standard InChI is InChI=1S/C19H32N4O2.HI/c1-4-15(2)22-19(21-10-7-17-6-5-13-25-17)23-11-8-16(9-12-23)14-18(24)20-3;/h5-6,13,15-16H,4,7-12,14H2,1-3H3,(H,20,24)(H,21,22);1H. The van der Waals surface area contributed by atoms with Crippen molar-refractivity contribution >= 4 is 35.8 Å². The molecule has 0 saturated carbocycles. The SMILES string of the molecule is CCC(C)NC(=NCCc1ccco1)N1CCC(CC(=O)NC)CC1.I. The lowest BCUT2D eigenvalue weighted by molar-refractivity contribution is -0.121. The third-order valence-electron chi connectivity index (χ3n) is 4.85. The molecule has 0 spiro atoms. The number of amides is 1. The van der Waals surface area contributed by atoms with Crippen molar-refractivity contribution in [2.24, 2.45) is 10.9 Å². The fourth-order valence-corrected chi connectivity index (χ4v) is 3.00. The molecule has 2 heterocycles. The Morgan fingerprint density at radius 2 is 2.15 bits per heavy atom. The predicted molar refractivity (Wildman–Crippen MR) is 116 cm³/mol. The minimum Gasteiger partial charge on any atom is -0.469 e. The van der Waals surface area contributed by atoms with Gasteiger partial charge in [-0.2, -0.15) is 0 Å². The Labute approximate surface area is 174 Å². The van der Waals surface area contributed by atoms with Crippen LogP contribution in [0.1, 0.15) is 45.3 Å². The summed E-state index contributed by atoms with van der Waals surface area (Å²) >= 11 is 0. The van der Waals surface area contributed by atoms with Gasteiger partial charge in [-0.1, -0.05) is 6.92 Å². The number of carbonyl (C=O) groups is 1. The molecule has 26 heavy (non-hydrogen) atoms. The lowest BCUT2D eigenvalue weighted by atomic mass is 9.93. The number of rotatable bonds is 7. The molecule has 7 heteroatoms. The van der Waals surface area contributed by atoms with E-state index >= 15 is 0 Å². The molecule has 1 unspecified atom stereocenters. The van der Waals surface area contributed by atoms with Crippen molar-refractivity contribution in [1.29, 1.82) is 0 Å². The number of nitrogens with one attached hydrogen (secondary N) is 2. The van der Waals surface area contributed by atoms with E-state index in [4.69, 9.17) is 9.41 Å². The summed E-state index contributed by atoms with van der Waals surface area (Å²) in [5, 5.41) is 6.27. The van der Waals surface area contributed by atoms with E-state index in [0.717, 1.165) is 50.5 Å². The molecule has 2 N–H and O–H groups in total. The van der Waals surface area contributed by atoms with Crippen molar-refractivity contribution in [3.8, 4) is 0 Å². The second kappa shape index (κ2) is 12.2. The number of hydrogen-bond donors (Lipinski definition) is 2. The second-order valence-electron chi connectivity index (χ2n) is 6.80. The lowest BCUT2D eigenvalue weighted by Gasteiger charge is -2.35. The van der Waals surface area contributed by atoms with Crippen LogP contribution in [-0.4, -0.2) is 49.5 Å². The highest BCUT2D eigenvalue weighted by Gasteiger charge is 2.23. The molecule has 1 aromatic rings. The van der Waals surface area contributed by atoms with Gasteiger partial charge in [0, 0.05) is 45.6 Å². The minimum atomic E-state index is 0. The maximum absolute atomic E-state index is 11.6. The van der Waals surface area contributed by atoms with Crippen LogP contribution in [0.15, 0.2) is 27.8 Å². The highest BCUT2D eigenvalue weighted by molar-refractivity contribution is 14.0. The summed E-state index contributed by atoms with van der Waals surface area (Å²) < 4.78 is 5.38. The van der Waals surface area contributed by atoms with Crippen LogP contribution in [0.4, 0.5) is 0 Å². The van der Waals surface area contributed by atoms with Crippen molar-refractivity contribution in [3.05, 3.63) is 24.2 Å². The summed E-state index contributed by atoms with van der Waals surface area (Å²) in [7, 11) is 1.71. The molecule has 1 aliphatic heterocycles. The molecule has 1 saturated heterocycles. The summed E-state index contributed by atoms with van der Waals surface area (Å²) in [5.41, 5.74) is 0. The van der Waals surface area contributed by atoms with Gasteiger partial charge in [0.15, 0.2) is 5.96 Å². The van der Waals surface area contributed by atoms with Gasteiger partial charge in [0.1, 0.15) is 5.76 Å². The van der Waals surface area contributed by atoms with E-state index in [1.54, 1.807) is 13.3 Å². The number of nitrogens with zero attached hydrogens (tertiary/aromatic N) is 2. The van der Waals surface area contributed by atoms with Crippen LogP contribution in [0.3, 0.4) is 0 Å². The van der Waals surface area contributed by atoms with Crippen LogP contribution in [-0.2, 0) is 11.2 Å². The molecule has 1 aromatic heterocycles. The molecular formula is C19H33IN4O2. The van der Waals surface area contributed by atoms with Crippen LogP contribution in [0.25, 0.3) is 0 Å². The first-order valence-electron chi connectivity index (χ1n) is 9.41. The molecule has 1 aliphatic rings. The topological polar surface area (TPSA) is 69.9 Å². The minimum absolute atomic E-state index is 0. The Morgan fingerprint density at radius 1 is 1.42 bits per heavy atom. The van der Waals surface area contributed by atoms with Gasteiger partial charge in [0.2, 0.25) is 5.91 Å². The third kappa shape index (κ3) is 7.55. The first kappa shape index (κ1) is 22.8. The van der Waals surface area contributed by atoms with Gasteiger partial charge in [-0.05, 0) is 44.2 Å². The van der Waals surface area contributed by atoms with E-state index < -0.39 is 0 Å². The van der Waals surface area contributed by atoms with Gasteiger partial charge in [0.25, 0.3) is 0 Å². The Hall–Kier alpha value is -1.25. The van der Waals surface area contributed by atoms with Crippen LogP contribution >= 0.6 is 24.0 Å². The molecule has 0 bridgehead atoms. The number of furan rings is 1. The van der Waals surface area contributed by atoms with Gasteiger partial charge in [0.05, 0.1) is 6.26 Å². The molecule has 0 aromatic carbocycles. The van der Waals surface area contributed by atoms with E-state index in [0.29, 0.717) is 24.9 Å². The fourth-order valence-electron chi connectivity index (χ4n) is 3.00. The Morgan fingerprint density at radius 3 is 2.73 bits per heavy atom. The molecule has 2 rings (SSSR count). The summed E-state index contributed by atoms with van der Waals surface area (Å²) in [6.07, 6.45) is 6.28. The van der Waals surface area contributed by atoms with Crippen molar-refractivity contribution in [2.75, 3.05) is 26.7 Å². The second-order valence-corrected chi connectivity index (χ2v) is 6.80. The van der Waals surface area contributed by atoms with Gasteiger partial charge in [-0.3, -0.25) is 9.79 Å². The predicted octanol–water partition coefficient (Wildman–Crippen LogP) is 3.03. The zero-order valence-electron chi connectivity index (χ0n) is 16.2. The highest BCUT2D eigenvalue weighted by atomic mass is 127. The van der Waals surface area contributed by atoms with E-state index in [1.807, 2.05) is 12.1 Å². The van der Waals surface area contributed by atoms with E-state index in [-0.39, 0.29) is 29.9 Å². The van der Waals surface area contributed by atoms with Gasteiger partial charge < -0.3 is 20.0 Å². The smallest absolute Gasteiger partial charge is 0.220 e. The van der Waals surface area contributed by atoms with Gasteiger partial charge >= 0.3 is 0 Å². The lowest BCUT2D eigenvalue weighted by Crippen LogP contribution is -2.48. The summed E-state index contributed by atoms with van der Waals surface area (Å²) in [5.74, 6) is 2.57. The molecule has 1 atom stereocenters. The Kier molecular flexibility index (Phi) is 10.7. The largest absolute Gasteiger partial charge is 0.469 e.